The number of hydrogen-bond acceptors (Lipinski definition) is 1. The molecule has 0 aromatic carbocycles. The number of rotatable bonds is 0. The Hall–Kier alpha value is -0.0400. The van der Waals surface area contributed by atoms with E-state index >= 15 is 0 Å². The first kappa shape index (κ1) is 6.47. The van der Waals surface area contributed by atoms with Gasteiger partial charge in [-0.25, -0.2) is 0 Å². The van der Waals surface area contributed by atoms with E-state index in [0.29, 0.717) is 17.3 Å². The van der Waals surface area contributed by atoms with Crippen LogP contribution in [-0.4, -0.2) is 11.2 Å². The second-order valence-electron chi connectivity index (χ2n) is 5.26. The van der Waals surface area contributed by atoms with Crippen LogP contribution in [0.5, 0.6) is 0 Å². The second kappa shape index (κ2) is 1.66. The fraction of sp³-hybridized carbons (Fsp3) is 1.00. The summed E-state index contributed by atoms with van der Waals surface area (Å²) in [5.74, 6) is 2.33. The molecule has 5 atom stereocenters. The standard InChI is InChI=1S/C10H16O/c1-10-4-6-2-7(5-10)9(11)8(10)3-6/h6-9,11H,2-5H2,1H3/t6?,7?,8?,9-,10?/m0/s1. The molecule has 0 saturated heterocycles. The van der Waals surface area contributed by atoms with Crippen LogP contribution >= 0.6 is 0 Å². The second-order valence-corrected chi connectivity index (χ2v) is 5.26. The van der Waals surface area contributed by atoms with Crippen molar-refractivity contribution in [3.05, 3.63) is 0 Å². The minimum atomic E-state index is 0.0683. The topological polar surface area (TPSA) is 20.2 Å². The summed E-state index contributed by atoms with van der Waals surface area (Å²) >= 11 is 0. The smallest absolute Gasteiger partial charge is 0.0602 e. The van der Waals surface area contributed by atoms with Crippen LogP contribution in [0.4, 0.5) is 0 Å². The zero-order chi connectivity index (χ0) is 7.64. The van der Waals surface area contributed by atoms with E-state index in [-0.39, 0.29) is 6.10 Å². The normalized spacial score (nSPS) is 66.0. The van der Waals surface area contributed by atoms with Crippen LogP contribution < -0.4 is 0 Å². The first-order valence-electron chi connectivity index (χ1n) is 4.87. The summed E-state index contributed by atoms with van der Waals surface area (Å²) in [6.45, 7) is 2.39. The van der Waals surface area contributed by atoms with Gasteiger partial charge in [-0.1, -0.05) is 6.92 Å². The Morgan fingerprint density at radius 3 is 2.73 bits per heavy atom. The minimum Gasteiger partial charge on any atom is -0.393 e. The molecule has 4 aliphatic carbocycles. The summed E-state index contributed by atoms with van der Waals surface area (Å²) in [5, 5.41) is 9.87. The minimum absolute atomic E-state index is 0.0683. The van der Waals surface area contributed by atoms with Gasteiger partial charge in [-0.15, -0.1) is 0 Å². The molecule has 4 unspecified atom stereocenters. The summed E-state index contributed by atoms with van der Waals surface area (Å²) < 4.78 is 0. The fourth-order valence-electron chi connectivity index (χ4n) is 4.20. The first-order valence-corrected chi connectivity index (χ1v) is 4.87. The third-order valence-corrected chi connectivity index (χ3v) is 4.50. The molecule has 1 nitrogen and oxygen atoms in total. The first-order chi connectivity index (χ1) is 5.19. The van der Waals surface area contributed by atoms with Gasteiger partial charge in [0, 0.05) is 0 Å². The Labute approximate surface area is 67.8 Å². The zero-order valence-corrected chi connectivity index (χ0v) is 7.09. The Morgan fingerprint density at radius 1 is 1.27 bits per heavy atom. The van der Waals surface area contributed by atoms with Gasteiger partial charge in [-0.05, 0) is 48.9 Å². The molecule has 1 heteroatoms. The quantitative estimate of drug-likeness (QED) is 0.561. The van der Waals surface area contributed by atoms with Gasteiger partial charge in [-0.2, -0.15) is 0 Å². The van der Waals surface area contributed by atoms with E-state index in [0.717, 1.165) is 5.92 Å². The lowest BCUT2D eigenvalue weighted by Gasteiger charge is -2.29. The summed E-state index contributed by atoms with van der Waals surface area (Å²) in [4.78, 5) is 0. The van der Waals surface area contributed by atoms with Crippen molar-refractivity contribution in [1.29, 1.82) is 0 Å². The Balaban J connectivity index is 2.04. The van der Waals surface area contributed by atoms with Gasteiger partial charge in [0.05, 0.1) is 6.10 Å². The molecule has 0 aliphatic heterocycles. The lowest BCUT2D eigenvalue weighted by Crippen LogP contribution is -2.27. The van der Waals surface area contributed by atoms with Crippen molar-refractivity contribution in [2.45, 2.75) is 38.7 Å². The monoisotopic (exact) mass is 152 g/mol. The van der Waals surface area contributed by atoms with Crippen LogP contribution in [0.2, 0.25) is 0 Å². The van der Waals surface area contributed by atoms with Crippen LogP contribution in [0.25, 0.3) is 0 Å². The molecule has 0 spiro atoms. The Kier molecular flexibility index (Phi) is 0.976. The molecular weight excluding hydrogens is 136 g/mol. The molecule has 11 heavy (non-hydrogen) atoms. The van der Waals surface area contributed by atoms with E-state index < -0.39 is 0 Å². The maximum absolute atomic E-state index is 9.87. The van der Waals surface area contributed by atoms with Crippen molar-refractivity contribution in [3.63, 3.8) is 0 Å². The SMILES string of the molecule is CC12CC3CC(C1)[C@H](O)C2C3. The summed E-state index contributed by atoms with van der Waals surface area (Å²) in [7, 11) is 0. The van der Waals surface area contributed by atoms with Gasteiger partial charge in [0.25, 0.3) is 0 Å². The molecule has 0 aromatic rings. The lowest BCUT2D eigenvalue weighted by atomic mass is 9.77. The van der Waals surface area contributed by atoms with Gasteiger partial charge in [0.1, 0.15) is 0 Å². The van der Waals surface area contributed by atoms with Crippen LogP contribution in [0, 0.1) is 23.2 Å². The molecule has 0 amide bonds. The van der Waals surface area contributed by atoms with E-state index in [9.17, 15) is 5.11 Å². The van der Waals surface area contributed by atoms with Crippen LogP contribution in [0.15, 0.2) is 0 Å². The number of aliphatic hydroxyl groups is 1. The largest absolute Gasteiger partial charge is 0.393 e. The molecule has 1 N–H and O–H groups in total. The molecule has 62 valence electrons. The highest BCUT2D eigenvalue weighted by molar-refractivity contribution is 5.09. The van der Waals surface area contributed by atoms with Gasteiger partial charge in [0.2, 0.25) is 0 Å². The maximum Gasteiger partial charge on any atom is 0.0602 e. The fourth-order valence-corrected chi connectivity index (χ4v) is 4.20. The highest BCUT2D eigenvalue weighted by atomic mass is 16.3. The highest BCUT2D eigenvalue weighted by Gasteiger charge is 2.59. The molecule has 4 rings (SSSR count). The van der Waals surface area contributed by atoms with E-state index in [4.69, 9.17) is 0 Å². The number of aliphatic hydroxyl groups excluding tert-OH is 1. The molecule has 4 saturated carbocycles. The van der Waals surface area contributed by atoms with Crippen molar-refractivity contribution >= 4 is 0 Å². The van der Waals surface area contributed by atoms with Crippen LogP contribution in [0.1, 0.15) is 32.6 Å². The average molecular weight is 152 g/mol. The van der Waals surface area contributed by atoms with Crippen molar-refractivity contribution in [2.75, 3.05) is 0 Å². The third-order valence-electron chi connectivity index (χ3n) is 4.50. The van der Waals surface area contributed by atoms with E-state index in [1.54, 1.807) is 0 Å². The van der Waals surface area contributed by atoms with Gasteiger partial charge < -0.3 is 5.11 Å². The molecule has 0 radical (unpaired) electrons. The maximum atomic E-state index is 9.87. The predicted molar refractivity (Wildman–Crippen MR) is 43.1 cm³/mol. The zero-order valence-electron chi connectivity index (χ0n) is 7.09. The lowest BCUT2D eigenvalue weighted by molar-refractivity contribution is 0.0507. The molecular formula is C10H16O. The van der Waals surface area contributed by atoms with Gasteiger partial charge in [0.15, 0.2) is 0 Å². The van der Waals surface area contributed by atoms with Crippen molar-refractivity contribution < 1.29 is 5.11 Å². The average Bonchev–Trinajstić information content (AvgIpc) is 2.25. The number of hydrogen-bond donors (Lipinski definition) is 1. The molecule has 4 fully saturated rings. The molecule has 0 aromatic heterocycles. The predicted octanol–water partition coefficient (Wildman–Crippen LogP) is 1.80. The van der Waals surface area contributed by atoms with Crippen LogP contribution in [0.3, 0.4) is 0 Å². The Morgan fingerprint density at radius 2 is 2.09 bits per heavy atom. The van der Waals surface area contributed by atoms with Crippen molar-refractivity contribution in [3.8, 4) is 0 Å². The van der Waals surface area contributed by atoms with E-state index in [2.05, 4.69) is 6.92 Å². The van der Waals surface area contributed by atoms with E-state index in [1.807, 2.05) is 0 Å². The summed E-state index contributed by atoms with van der Waals surface area (Å²) in [6.07, 6.45) is 5.45. The van der Waals surface area contributed by atoms with Crippen LogP contribution in [-0.2, 0) is 0 Å². The highest BCUT2D eigenvalue weighted by Crippen LogP contribution is 2.64. The summed E-state index contributed by atoms with van der Waals surface area (Å²) in [5.41, 5.74) is 0.549. The van der Waals surface area contributed by atoms with Crippen molar-refractivity contribution in [1.82, 2.24) is 0 Å². The third kappa shape index (κ3) is 0.618. The van der Waals surface area contributed by atoms with E-state index in [1.165, 1.54) is 25.7 Å². The summed E-state index contributed by atoms with van der Waals surface area (Å²) in [6, 6.07) is 0. The molecule has 4 bridgehead atoms. The van der Waals surface area contributed by atoms with Crippen molar-refractivity contribution in [2.24, 2.45) is 23.2 Å². The van der Waals surface area contributed by atoms with Gasteiger partial charge >= 0.3 is 0 Å². The molecule has 0 heterocycles. The Bertz CT molecular complexity index is 201. The van der Waals surface area contributed by atoms with Gasteiger partial charge in [-0.3, -0.25) is 0 Å². The molecule has 4 aliphatic rings.